The average Bonchev–Trinajstić information content (AvgIpc) is 2.27. The summed E-state index contributed by atoms with van der Waals surface area (Å²) in [6, 6.07) is 4.97. The van der Waals surface area contributed by atoms with Gasteiger partial charge in [-0.1, -0.05) is 24.3 Å². The van der Waals surface area contributed by atoms with Gasteiger partial charge >= 0.3 is 11.5 Å². The Morgan fingerprint density at radius 3 is 2.11 bits per heavy atom. The summed E-state index contributed by atoms with van der Waals surface area (Å²) in [5, 5.41) is 8.75. The Kier molecular flexibility index (Phi) is 4.24. The van der Waals surface area contributed by atoms with E-state index in [1.807, 2.05) is 0 Å². The Morgan fingerprint density at radius 1 is 1.26 bits per heavy atom. The molecule has 1 N–H and O–H groups in total. The lowest BCUT2D eigenvalue weighted by Crippen LogP contribution is -2.24. The van der Waals surface area contributed by atoms with Crippen LogP contribution in [0.15, 0.2) is 24.3 Å². The molecule has 0 aliphatic rings. The van der Waals surface area contributed by atoms with Crippen molar-refractivity contribution in [3.05, 3.63) is 35.4 Å². The molecule has 0 aromatic heterocycles. The van der Waals surface area contributed by atoms with Crippen molar-refractivity contribution < 1.29 is 31.5 Å². The van der Waals surface area contributed by atoms with Gasteiger partial charge in [-0.05, 0) is 18.1 Å². The Bertz CT molecular complexity index is 561. The van der Waals surface area contributed by atoms with Gasteiger partial charge in [-0.3, -0.25) is 4.79 Å². The topological polar surface area (TPSA) is 71.4 Å². The minimum Gasteiger partial charge on any atom is -0.481 e. The number of alkyl halides is 3. The Balaban J connectivity index is 2.93. The summed E-state index contributed by atoms with van der Waals surface area (Å²) in [6.07, 6.45) is 0. The van der Waals surface area contributed by atoms with Gasteiger partial charge in [-0.2, -0.15) is 13.2 Å². The van der Waals surface area contributed by atoms with Crippen LogP contribution in [0.2, 0.25) is 0 Å². The van der Waals surface area contributed by atoms with Gasteiger partial charge in [-0.25, -0.2) is 8.42 Å². The van der Waals surface area contributed by atoms with Gasteiger partial charge in [0, 0.05) is 0 Å². The first-order valence-electron chi connectivity index (χ1n) is 5.15. The molecule has 1 aromatic carbocycles. The first-order chi connectivity index (χ1) is 8.54. The fourth-order valence-corrected chi connectivity index (χ4v) is 2.14. The zero-order valence-electron chi connectivity index (χ0n) is 9.81. The number of rotatable bonds is 4. The maximum Gasteiger partial charge on any atom is 0.497 e. The molecule has 0 aliphatic heterocycles. The molecule has 1 atom stereocenters. The van der Waals surface area contributed by atoms with Crippen LogP contribution in [0.5, 0.6) is 0 Å². The van der Waals surface area contributed by atoms with E-state index in [0.29, 0.717) is 5.56 Å². The third kappa shape index (κ3) is 3.69. The first-order valence-corrected chi connectivity index (χ1v) is 6.80. The molecule has 8 heteroatoms. The number of hydrogen-bond donors (Lipinski definition) is 1. The molecular weight excluding hydrogens is 285 g/mol. The van der Waals surface area contributed by atoms with Crippen molar-refractivity contribution in [1.82, 2.24) is 0 Å². The summed E-state index contributed by atoms with van der Waals surface area (Å²) in [6.45, 7) is 1.42. The molecule has 0 amide bonds. The fraction of sp³-hybridized carbons (Fsp3) is 0.364. The second-order valence-electron chi connectivity index (χ2n) is 4.01. The van der Waals surface area contributed by atoms with Gasteiger partial charge in [0.2, 0.25) is 0 Å². The summed E-state index contributed by atoms with van der Waals surface area (Å²) >= 11 is 0. The number of aliphatic carboxylic acids is 1. The van der Waals surface area contributed by atoms with Crippen molar-refractivity contribution in [2.75, 3.05) is 0 Å². The first kappa shape index (κ1) is 15.5. The van der Waals surface area contributed by atoms with Crippen LogP contribution in [-0.4, -0.2) is 25.0 Å². The monoisotopic (exact) mass is 296 g/mol. The molecule has 1 rings (SSSR count). The number of carboxylic acid groups (broad SMARTS) is 1. The van der Waals surface area contributed by atoms with Crippen LogP contribution in [0.4, 0.5) is 13.2 Å². The molecule has 0 saturated heterocycles. The molecule has 19 heavy (non-hydrogen) atoms. The van der Waals surface area contributed by atoms with Crippen LogP contribution < -0.4 is 0 Å². The predicted molar refractivity (Wildman–Crippen MR) is 61.2 cm³/mol. The molecular formula is C11H11F3O4S. The van der Waals surface area contributed by atoms with Crippen molar-refractivity contribution in [2.45, 2.75) is 24.1 Å². The van der Waals surface area contributed by atoms with Gasteiger partial charge in [0.1, 0.15) is 0 Å². The molecule has 0 radical (unpaired) electrons. The molecule has 1 aromatic rings. The van der Waals surface area contributed by atoms with E-state index in [-0.39, 0.29) is 5.56 Å². The van der Waals surface area contributed by atoms with Crippen LogP contribution >= 0.6 is 0 Å². The highest BCUT2D eigenvalue weighted by Crippen LogP contribution is 2.27. The standard InChI is InChI=1S/C11H11F3O4S/c1-7(10(15)16)9-4-2-8(3-5-9)6-19(17,18)11(12,13)14/h2-5,7H,6H2,1H3,(H,15,16)/t7-/m1/s1. The van der Waals surface area contributed by atoms with Crippen LogP contribution in [0.3, 0.4) is 0 Å². The molecule has 0 unspecified atom stereocenters. The van der Waals surface area contributed by atoms with E-state index in [1.54, 1.807) is 0 Å². The van der Waals surface area contributed by atoms with Crippen molar-refractivity contribution in [2.24, 2.45) is 0 Å². The van der Waals surface area contributed by atoms with Gasteiger partial charge in [0.25, 0.3) is 9.84 Å². The molecule has 0 heterocycles. The lowest BCUT2D eigenvalue weighted by Gasteiger charge is -2.10. The molecule has 0 spiro atoms. The van der Waals surface area contributed by atoms with Crippen LogP contribution in [-0.2, 0) is 20.4 Å². The van der Waals surface area contributed by atoms with Crippen molar-refractivity contribution in [3.8, 4) is 0 Å². The molecule has 4 nitrogen and oxygen atoms in total. The molecule has 0 fully saturated rings. The Morgan fingerprint density at radius 2 is 1.74 bits per heavy atom. The van der Waals surface area contributed by atoms with Crippen LogP contribution in [0.1, 0.15) is 24.0 Å². The summed E-state index contributed by atoms with van der Waals surface area (Å²) < 4.78 is 58.4. The molecule has 106 valence electrons. The van der Waals surface area contributed by atoms with Gasteiger partial charge < -0.3 is 5.11 Å². The van der Waals surface area contributed by atoms with E-state index in [1.165, 1.54) is 31.2 Å². The smallest absolute Gasteiger partial charge is 0.481 e. The summed E-state index contributed by atoms with van der Waals surface area (Å²) in [7, 11) is -5.22. The molecule has 0 aliphatic carbocycles. The summed E-state index contributed by atoms with van der Waals surface area (Å²) in [5.41, 5.74) is -4.95. The lowest BCUT2D eigenvalue weighted by molar-refractivity contribution is -0.138. The normalized spacial score (nSPS) is 14.1. The van der Waals surface area contributed by atoms with E-state index < -0.39 is 33.0 Å². The van der Waals surface area contributed by atoms with E-state index in [9.17, 15) is 26.4 Å². The third-order valence-electron chi connectivity index (χ3n) is 2.56. The minimum absolute atomic E-state index is 0.0429. The maximum absolute atomic E-state index is 12.2. The van der Waals surface area contributed by atoms with Crippen molar-refractivity contribution in [1.29, 1.82) is 0 Å². The van der Waals surface area contributed by atoms with Gasteiger partial charge in [0.15, 0.2) is 0 Å². The SMILES string of the molecule is C[C@@H](C(=O)O)c1ccc(CS(=O)(=O)C(F)(F)F)cc1. The third-order valence-corrected chi connectivity index (χ3v) is 3.98. The number of carbonyl (C=O) groups is 1. The highest BCUT2D eigenvalue weighted by molar-refractivity contribution is 7.91. The number of benzene rings is 1. The minimum atomic E-state index is -5.29. The number of carboxylic acids is 1. The number of sulfone groups is 1. The van der Waals surface area contributed by atoms with Crippen LogP contribution in [0.25, 0.3) is 0 Å². The molecule has 0 bridgehead atoms. The van der Waals surface area contributed by atoms with E-state index in [2.05, 4.69) is 0 Å². The molecule has 0 saturated carbocycles. The predicted octanol–water partition coefficient (Wildman–Crippen LogP) is 2.31. The zero-order chi connectivity index (χ0) is 14.8. The van der Waals surface area contributed by atoms with Gasteiger partial charge in [-0.15, -0.1) is 0 Å². The highest BCUT2D eigenvalue weighted by atomic mass is 32.2. The van der Waals surface area contributed by atoms with Crippen molar-refractivity contribution in [3.63, 3.8) is 0 Å². The summed E-state index contributed by atoms with van der Waals surface area (Å²) in [4.78, 5) is 10.7. The fourth-order valence-electron chi connectivity index (χ4n) is 1.35. The van der Waals surface area contributed by atoms with E-state index in [0.717, 1.165) is 0 Å². The lowest BCUT2D eigenvalue weighted by atomic mass is 10.0. The van der Waals surface area contributed by atoms with Crippen molar-refractivity contribution >= 4 is 15.8 Å². The zero-order valence-corrected chi connectivity index (χ0v) is 10.6. The number of hydrogen-bond acceptors (Lipinski definition) is 3. The highest BCUT2D eigenvalue weighted by Gasteiger charge is 2.45. The van der Waals surface area contributed by atoms with Crippen LogP contribution in [0, 0.1) is 0 Å². The maximum atomic E-state index is 12.2. The van der Waals surface area contributed by atoms with Gasteiger partial charge in [0.05, 0.1) is 11.7 Å². The summed E-state index contributed by atoms with van der Waals surface area (Å²) in [5.74, 6) is -3.04. The Labute approximate surface area is 107 Å². The largest absolute Gasteiger partial charge is 0.497 e. The van der Waals surface area contributed by atoms with E-state index in [4.69, 9.17) is 5.11 Å². The Hall–Kier alpha value is -1.57. The van der Waals surface area contributed by atoms with E-state index >= 15 is 0 Å². The second-order valence-corrected chi connectivity index (χ2v) is 5.99. The number of halogens is 3. The second kappa shape index (κ2) is 5.20. The quantitative estimate of drug-likeness (QED) is 0.925. The average molecular weight is 296 g/mol.